The van der Waals surface area contributed by atoms with Crippen LogP contribution in [0.5, 0.6) is 5.75 Å². The fourth-order valence-corrected chi connectivity index (χ4v) is 6.03. The number of carbonyl (C=O) groups is 2. The Morgan fingerprint density at radius 1 is 1.08 bits per heavy atom. The summed E-state index contributed by atoms with van der Waals surface area (Å²) >= 11 is 1.16. The Bertz CT molecular complexity index is 1150. The third-order valence-corrected chi connectivity index (χ3v) is 8.23. The lowest BCUT2D eigenvalue weighted by molar-refractivity contribution is -0.124. The van der Waals surface area contributed by atoms with Crippen molar-refractivity contribution in [1.29, 1.82) is 0 Å². The van der Waals surface area contributed by atoms with E-state index in [1.54, 1.807) is 18.5 Å². The molecule has 1 N–H and O–H groups in total. The van der Waals surface area contributed by atoms with Gasteiger partial charge in [0, 0.05) is 23.4 Å². The second-order valence-corrected chi connectivity index (χ2v) is 12.5. The number of rotatable bonds is 6. The number of aromatic nitrogens is 2. The zero-order chi connectivity index (χ0) is 26.6. The van der Waals surface area contributed by atoms with Gasteiger partial charge in [-0.15, -0.1) is 11.3 Å². The van der Waals surface area contributed by atoms with Crippen molar-refractivity contribution in [2.75, 3.05) is 4.90 Å². The van der Waals surface area contributed by atoms with E-state index in [2.05, 4.69) is 29.0 Å². The van der Waals surface area contributed by atoms with Crippen LogP contribution in [0.4, 0.5) is 5.69 Å². The zero-order valence-corrected chi connectivity index (χ0v) is 23.0. The summed E-state index contributed by atoms with van der Waals surface area (Å²) < 4.78 is 6.09. The average Bonchev–Trinajstić information content (AvgIpc) is 3.29. The molecule has 0 aliphatic heterocycles. The molecule has 198 valence electrons. The first-order valence-corrected chi connectivity index (χ1v) is 14.1. The molecule has 2 aliphatic carbocycles. The number of hydrogen-bond acceptors (Lipinski definition) is 6. The predicted molar refractivity (Wildman–Crippen MR) is 145 cm³/mol. The number of carboxylic acid groups (broad SMARTS) is 1. The molecule has 2 saturated carbocycles. The number of ether oxygens (including phenoxy) is 1. The van der Waals surface area contributed by atoms with Gasteiger partial charge in [-0.3, -0.25) is 4.79 Å². The smallest absolute Gasteiger partial charge is 0.348 e. The Kier molecular flexibility index (Phi) is 8.53. The SMILES string of the molecule is CC(C)(C)C#Cc1cc(N(C(=O)[C@H]2CC[C@H](C)CC2)[C@H]2CC[C@@H](Oc3ccnnc3)CC2)c(C(=O)O)s1. The number of anilines is 1. The van der Waals surface area contributed by atoms with Crippen LogP contribution in [0.25, 0.3) is 0 Å². The van der Waals surface area contributed by atoms with Crippen LogP contribution in [0.1, 0.15) is 93.6 Å². The molecule has 0 spiro atoms. The molecule has 1 amide bonds. The first-order valence-electron chi connectivity index (χ1n) is 13.3. The van der Waals surface area contributed by atoms with Crippen LogP contribution in [0.3, 0.4) is 0 Å². The van der Waals surface area contributed by atoms with Gasteiger partial charge in [-0.05, 0) is 84.1 Å². The fraction of sp³-hybridized carbons (Fsp3) is 0.586. The third-order valence-electron chi connectivity index (χ3n) is 7.20. The van der Waals surface area contributed by atoms with Crippen molar-refractivity contribution in [3.8, 4) is 17.6 Å². The second kappa shape index (κ2) is 11.6. The molecule has 2 aliphatic rings. The van der Waals surface area contributed by atoms with E-state index < -0.39 is 5.97 Å². The molecule has 2 fully saturated rings. The highest BCUT2D eigenvalue weighted by molar-refractivity contribution is 7.15. The molecule has 0 atom stereocenters. The van der Waals surface area contributed by atoms with E-state index in [4.69, 9.17) is 4.74 Å². The predicted octanol–water partition coefficient (Wildman–Crippen LogP) is 6.18. The minimum absolute atomic E-state index is 0.0302. The molecular formula is C29H37N3O4S. The van der Waals surface area contributed by atoms with E-state index in [1.165, 1.54) is 0 Å². The number of carbonyl (C=O) groups excluding carboxylic acids is 1. The lowest BCUT2D eigenvalue weighted by Gasteiger charge is -2.39. The molecule has 0 unspecified atom stereocenters. The minimum atomic E-state index is -1.01. The molecule has 0 aromatic carbocycles. The van der Waals surface area contributed by atoms with Crippen molar-refractivity contribution in [3.63, 3.8) is 0 Å². The quantitative estimate of drug-likeness (QED) is 0.454. The highest BCUT2D eigenvalue weighted by Gasteiger charge is 2.37. The average molecular weight is 524 g/mol. The van der Waals surface area contributed by atoms with Gasteiger partial charge in [-0.25, -0.2) is 4.79 Å². The van der Waals surface area contributed by atoms with Gasteiger partial charge >= 0.3 is 5.97 Å². The molecule has 37 heavy (non-hydrogen) atoms. The minimum Gasteiger partial charge on any atom is -0.489 e. The van der Waals surface area contributed by atoms with Crippen molar-refractivity contribution >= 4 is 28.9 Å². The van der Waals surface area contributed by atoms with E-state index in [0.717, 1.165) is 62.7 Å². The van der Waals surface area contributed by atoms with E-state index >= 15 is 0 Å². The van der Waals surface area contributed by atoms with E-state index in [1.807, 2.05) is 31.7 Å². The molecular weight excluding hydrogens is 486 g/mol. The normalized spacial score (nSPS) is 24.0. The highest BCUT2D eigenvalue weighted by Crippen LogP contribution is 2.39. The first kappa shape index (κ1) is 27.1. The molecule has 7 nitrogen and oxygen atoms in total. The molecule has 2 aromatic rings. The Morgan fingerprint density at radius 3 is 2.38 bits per heavy atom. The van der Waals surface area contributed by atoms with Gasteiger partial charge < -0.3 is 14.7 Å². The van der Waals surface area contributed by atoms with Crippen LogP contribution in [-0.2, 0) is 4.79 Å². The maximum atomic E-state index is 14.0. The molecule has 0 bridgehead atoms. The van der Waals surface area contributed by atoms with Gasteiger partial charge in [0.15, 0.2) is 0 Å². The van der Waals surface area contributed by atoms with Crippen LogP contribution in [0.15, 0.2) is 24.5 Å². The lowest BCUT2D eigenvalue weighted by Crippen LogP contribution is -2.47. The molecule has 4 rings (SSSR count). The fourth-order valence-electron chi connectivity index (χ4n) is 5.19. The Morgan fingerprint density at radius 2 is 1.78 bits per heavy atom. The Hall–Kier alpha value is -2.92. The van der Waals surface area contributed by atoms with Crippen molar-refractivity contribution in [1.82, 2.24) is 10.2 Å². The maximum absolute atomic E-state index is 14.0. The first-order chi connectivity index (χ1) is 17.6. The monoisotopic (exact) mass is 523 g/mol. The van der Waals surface area contributed by atoms with Crippen LogP contribution < -0.4 is 9.64 Å². The van der Waals surface area contributed by atoms with E-state index in [0.29, 0.717) is 22.2 Å². The summed E-state index contributed by atoms with van der Waals surface area (Å²) in [5.41, 5.74) is 0.298. The van der Waals surface area contributed by atoms with Crippen LogP contribution in [-0.4, -0.2) is 39.3 Å². The van der Waals surface area contributed by atoms with Crippen LogP contribution in [0.2, 0.25) is 0 Å². The summed E-state index contributed by atoms with van der Waals surface area (Å²) in [6.45, 7) is 8.30. The topological polar surface area (TPSA) is 92.6 Å². The van der Waals surface area contributed by atoms with Crippen molar-refractivity contribution < 1.29 is 19.4 Å². The summed E-state index contributed by atoms with van der Waals surface area (Å²) in [5.74, 6) is 6.65. The largest absolute Gasteiger partial charge is 0.489 e. The number of hydrogen-bond donors (Lipinski definition) is 1. The zero-order valence-electron chi connectivity index (χ0n) is 22.2. The number of thiophene rings is 1. The Labute approximate surface area is 223 Å². The van der Waals surface area contributed by atoms with Gasteiger partial charge in [-0.1, -0.05) is 18.8 Å². The lowest BCUT2D eigenvalue weighted by atomic mass is 9.81. The van der Waals surface area contributed by atoms with E-state index in [-0.39, 0.29) is 34.3 Å². The maximum Gasteiger partial charge on any atom is 0.348 e. The molecule has 8 heteroatoms. The number of nitrogens with zero attached hydrogens (tertiary/aromatic N) is 3. The van der Waals surface area contributed by atoms with Crippen molar-refractivity contribution in [3.05, 3.63) is 34.3 Å². The number of aromatic carboxylic acids is 1. The van der Waals surface area contributed by atoms with Gasteiger partial charge in [-0.2, -0.15) is 10.2 Å². The highest BCUT2D eigenvalue weighted by atomic mass is 32.1. The Balaban J connectivity index is 1.61. The molecule has 0 radical (unpaired) electrons. The van der Waals surface area contributed by atoms with Crippen molar-refractivity contribution in [2.24, 2.45) is 17.3 Å². The summed E-state index contributed by atoms with van der Waals surface area (Å²) in [6.07, 6.45) is 10.1. The van der Waals surface area contributed by atoms with Gasteiger partial charge in [0.05, 0.1) is 29.1 Å². The third kappa shape index (κ3) is 7.10. The molecule has 0 saturated heterocycles. The van der Waals surface area contributed by atoms with Gasteiger partial charge in [0.2, 0.25) is 5.91 Å². The van der Waals surface area contributed by atoms with Crippen molar-refractivity contribution in [2.45, 2.75) is 91.2 Å². The summed E-state index contributed by atoms with van der Waals surface area (Å²) in [6, 6.07) is 3.55. The van der Waals surface area contributed by atoms with Crippen LogP contribution >= 0.6 is 11.3 Å². The van der Waals surface area contributed by atoms with Crippen LogP contribution in [0, 0.1) is 29.1 Å². The molecule has 2 heterocycles. The standard InChI is InChI=1S/C29H37N3O4S/c1-19-5-7-20(8-6-19)27(33)32(21-9-11-22(12-10-21)36-23-14-16-30-31-18-23)25-17-24(13-15-29(2,3)4)37-26(25)28(34)35/h14,16-22H,5-12H2,1-4H3,(H,34,35)/t19-,20-,21-,22+. The van der Waals surface area contributed by atoms with Gasteiger partial charge in [0.1, 0.15) is 10.6 Å². The second-order valence-electron chi connectivity index (χ2n) is 11.4. The molecule has 2 aromatic heterocycles. The van der Waals surface area contributed by atoms with Gasteiger partial charge in [0.25, 0.3) is 0 Å². The summed E-state index contributed by atoms with van der Waals surface area (Å²) in [5, 5.41) is 17.8. The van der Waals surface area contributed by atoms with E-state index in [9.17, 15) is 14.7 Å². The summed E-state index contributed by atoms with van der Waals surface area (Å²) in [7, 11) is 0. The number of carboxylic acids is 1. The summed E-state index contributed by atoms with van der Waals surface area (Å²) in [4.78, 5) is 29.0. The number of amides is 1.